The largest absolute Gasteiger partial charge is 0.460 e. The lowest BCUT2D eigenvalue weighted by molar-refractivity contribution is -0.221. The Labute approximate surface area is 221 Å². The molecule has 0 amide bonds. The molecule has 12 atom stereocenters. The molecule has 6 nitrogen and oxygen atoms in total. The van der Waals surface area contributed by atoms with Gasteiger partial charge >= 0.3 is 11.9 Å². The molecule has 8 heteroatoms. The van der Waals surface area contributed by atoms with Gasteiger partial charge < -0.3 is 14.2 Å². The average molecular weight is 533 g/mol. The second-order valence-corrected chi connectivity index (χ2v) is 14.8. The highest BCUT2D eigenvalue weighted by molar-refractivity contribution is 5.85. The summed E-state index contributed by atoms with van der Waals surface area (Å²) >= 11 is 0. The molecule has 0 aromatic heterocycles. The van der Waals surface area contributed by atoms with Crippen LogP contribution in [0, 0.1) is 58.2 Å². The quantitative estimate of drug-likeness (QED) is 0.442. The summed E-state index contributed by atoms with van der Waals surface area (Å²) in [6.07, 6.45) is 9.46. The number of esters is 2. The maximum Gasteiger partial charge on any atom is 0.332 e. The molecule has 0 heterocycles. The number of fused-ring (bicyclic) bond motifs is 6. The highest BCUT2D eigenvalue weighted by Crippen LogP contribution is 2.81. The van der Waals surface area contributed by atoms with Crippen LogP contribution >= 0.6 is 0 Å². The van der Waals surface area contributed by atoms with Gasteiger partial charge in [-0.05, 0) is 100 Å². The van der Waals surface area contributed by atoms with Crippen molar-refractivity contribution < 1.29 is 37.4 Å². The monoisotopic (exact) mass is 532 g/mol. The van der Waals surface area contributed by atoms with Gasteiger partial charge in [0.25, 0.3) is 5.92 Å². The first-order valence-corrected chi connectivity index (χ1v) is 14.9. The summed E-state index contributed by atoms with van der Waals surface area (Å²) in [7, 11) is 0. The fourth-order valence-corrected chi connectivity index (χ4v) is 12.0. The van der Waals surface area contributed by atoms with Gasteiger partial charge in [0.2, 0.25) is 0 Å². The van der Waals surface area contributed by atoms with Gasteiger partial charge in [0.1, 0.15) is 18.5 Å². The Kier molecular flexibility index (Phi) is 4.84. The number of rotatable bonds is 7. The Hall–Kier alpha value is -1.57. The zero-order chi connectivity index (χ0) is 26.2. The summed E-state index contributed by atoms with van der Waals surface area (Å²) < 4.78 is 44.5. The van der Waals surface area contributed by atoms with E-state index < -0.39 is 29.5 Å². The fraction of sp³-hybridized carbons (Fsp3) is 0.900. The van der Waals surface area contributed by atoms with Gasteiger partial charge in [-0.3, -0.25) is 9.59 Å². The second kappa shape index (κ2) is 7.58. The van der Waals surface area contributed by atoms with Crippen LogP contribution in [0.3, 0.4) is 0 Å². The van der Waals surface area contributed by atoms with Gasteiger partial charge in [0.05, 0.1) is 11.0 Å². The van der Waals surface area contributed by atoms with Crippen molar-refractivity contribution in [2.24, 2.45) is 58.2 Å². The van der Waals surface area contributed by atoms with E-state index >= 15 is 0 Å². The van der Waals surface area contributed by atoms with Crippen LogP contribution in [0.5, 0.6) is 0 Å². The summed E-state index contributed by atoms with van der Waals surface area (Å²) in [5.41, 5.74) is -1.25. The number of ether oxygens (including phenoxy) is 3. The van der Waals surface area contributed by atoms with E-state index in [1.54, 1.807) is 0 Å². The number of Topliss-reactive ketones (excluding diaryl/α,β-unsaturated/α-hetero) is 1. The Morgan fingerprint density at radius 1 is 1.03 bits per heavy atom. The molecule has 12 unspecified atom stereocenters. The molecular weight excluding hydrogens is 494 g/mol. The zero-order valence-electron chi connectivity index (χ0n) is 22.1. The minimum Gasteiger partial charge on any atom is -0.460 e. The van der Waals surface area contributed by atoms with Crippen molar-refractivity contribution in [3.63, 3.8) is 0 Å². The first-order valence-electron chi connectivity index (χ1n) is 14.9. The van der Waals surface area contributed by atoms with E-state index in [1.165, 1.54) is 0 Å². The Morgan fingerprint density at radius 2 is 1.87 bits per heavy atom. The van der Waals surface area contributed by atoms with Gasteiger partial charge in [-0.2, -0.15) is 0 Å². The molecule has 7 bridgehead atoms. The first-order chi connectivity index (χ1) is 18.0. The van der Waals surface area contributed by atoms with Crippen molar-refractivity contribution in [2.45, 2.75) is 95.2 Å². The van der Waals surface area contributed by atoms with Crippen LogP contribution in [-0.2, 0) is 28.6 Å². The van der Waals surface area contributed by atoms with Crippen molar-refractivity contribution in [3.8, 4) is 0 Å². The summed E-state index contributed by atoms with van der Waals surface area (Å²) in [6, 6.07) is 0. The highest BCUT2D eigenvalue weighted by atomic mass is 19.3. The topological polar surface area (TPSA) is 78.9 Å². The Bertz CT molecular complexity index is 1100. The predicted molar refractivity (Wildman–Crippen MR) is 129 cm³/mol. The molecule has 0 aromatic rings. The molecule has 8 aliphatic carbocycles. The molecule has 0 aromatic carbocycles. The normalized spacial score (nSPS) is 52.6. The molecule has 38 heavy (non-hydrogen) atoms. The van der Waals surface area contributed by atoms with Crippen LogP contribution in [0.25, 0.3) is 0 Å². The van der Waals surface area contributed by atoms with E-state index in [0.717, 1.165) is 58.3 Å². The number of halogens is 2. The number of ketones is 1. The Balaban J connectivity index is 0.935. The molecule has 0 radical (unpaired) electrons. The van der Waals surface area contributed by atoms with Crippen LogP contribution in [0.1, 0.15) is 77.6 Å². The Morgan fingerprint density at radius 3 is 2.68 bits per heavy atom. The molecular formula is C30H38F2O6. The maximum atomic E-state index is 13.4. The summed E-state index contributed by atoms with van der Waals surface area (Å²) in [6.45, 7) is -0.174. The third kappa shape index (κ3) is 3.10. The van der Waals surface area contributed by atoms with E-state index in [0.29, 0.717) is 60.6 Å². The second-order valence-electron chi connectivity index (χ2n) is 14.8. The summed E-state index contributed by atoms with van der Waals surface area (Å²) in [5, 5.41) is 0. The standard InChI is InChI=1S/C30H38F2O6/c1-27(31,32)14-36-26(35)28-7-15-8-29(13-28)19(10-28)11-30(29,9-15)37-12-22(33)38-25-18-5-20-21(6-18)24(34)17-3-2-16(4-17)23(20)25/h15-21,23,25H,2-14H2,1H3. The lowest BCUT2D eigenvalue weighted by Crippen LogP contribution is -2.60. The SMILES string of the molecule is CC(F)(F)COC(=O)C12CC3CC4(OCC(=O)OC5C6CC7C(=O)C8CCC(C8)C5C7C6)CC(C1)C4(C3)C2. The lowest BCUT2D eigenvalue weighted by atomic mass is 9.52. The number of hydrogen-bond acceptors (Lipinski definition) is 6. The molecule has 0 saturated heterocycles. The molecule has 208 valence electrons. The number of hydrogen-bond donors (Lipinski definition) is 0. The van der Waals surface area contributed by atoms with E-state index in [9.17, 15) is 23.2 Å². The van der Waals surface area contributed by atoms with Crippen molar-refractivity contribution in [1.29, 1.82) is 0 Å². The zero-order valence-corrected chi connectivity index (χ0v) is 22.1. The average Bonchev–Trinajstić information content (AvgIpc) is 3.62. The van der Waals surface area contributed by atoms with E-state index in [1.807, 2.05) is 0 Å². The number of carbonyl (C=O) groups excluding carboxylic acids is 3. The van der Waals surface area contributed by atoms with E-state index in [4.69, 9.17) is 14.2 Å². The highest BCUT2D eigenvalue weighted by Gasteiger charge is 2.80. The molecule has 8 fully saturated rings. The molecule has 8 rings (SSSR count). The van der Waals surface area contributed by atoms with E-state index in [-0.39, 0.29) is 35.9 Å². The molecule has 1 spiro atoms. The fourth-order valence-electron chi connectivity index (χ4n) is 12.0. The van der Waals surface area contributed by atoms with Crippen molar-refractivity contribution >= 4 is 17.7 Å². The number of alkyl halides is 2. The third-order valence-corrected chi connectivity index (χ3v) is 12.9. The minimum atomic E-state index is -3.03. The molecule has 0 aliphatic heterocycles. The first kappa shape index (κ1) is 24.2. The van der Waals surface area contributed by atoms with Gasteiger partial charge in [-0.1, -0.05) is 0 Å². The third-order valence-electron chi connectivity index (χ3n) is 12.9. The van der Waals surface area contributed by atoms with Gasteiger partial charge in [-0.25, -0.2) is 13.6 Å². The summed E-state index contributed by atoms with van der Waals surface area (Å²) in [5.74, 6) is -0.767. The molecule has 8 saturated carbocycles. The van der Waals surface area contributed by atoms with Crippen LogP contribution in [-0.4, -0.2) is 48.6 Å². The molecule has 0 N–H and O–H groups in total. The lowest BCUT2D eigenvalue weighted by Gasteiger charge is -2.58. The van der Waals surface area contributed by atoms with E-state index in [2.05, 4.69) is 0 Å². The summed E-state index contributed by atoms with van der Waals surface area (Å²) in [4.78, 5) is 39.2. The minimum absolute atomic E-state index is 0.0725. The van der Waals surface area contributed by atoms with Crippen molar-refractivity contribution in [2.75, 3.05) is 13.2 Å². The van der Waals surface area contributed by atoms with Crippen LogP contribution in [0.2, 0.25) is 0 Å². The molecule has 8 aliphatic rings. The van der Waals surface area contributed by atoms with Gasteiger partial charge in [0, 0.05) is 30.1 Å². The maximum absolute atomic E-state index is 13.4. The van der Waals surface area contributed by atoms with Crippen LogP contribution in [0.4, 0.5) is 8.78 Å². The number of carbonyl (C=O) groups is 3. The smallest absolute Gasteiger partial charge is 0.332 e. The van der Waals surface area contributed by atoms with Gasteiger partial charge in [-0.15, -0.1) is 0 Å². The predicted octanol–water partition coefficient (Wildman–Crippen LogP) is 4.72. The van der Waals surface area contributed by atoms with Crippen LogP contribution in [0.15, 0.2) is 0 Å². The van der Waals surface area contributed by atoms with Crippen LogP contribution < -0.4 is 0 Å². The van der Waals surface area contributed by atoms with Crippen molar-refractivity contribution in [1.82, 2.24) is 0 Å². The van der Waals surface area contributed by atoms with Crippen molar-refractivity contribution in [3.05, 3.63) is 0 Å². The van der Waals surface area contributed by atoms with Gasteiger partial charge in [0.15, 0.2) is 6.61 Å².